The van der Waals surface area contributed by atoms with Crippen molar-refractivity contribution in [2.24, 2.45) is 0 Å². The number of amides is 1. The highest BCUT2D eigenvalue weighted by Gasteiger charge is 2.23. The molecule has 1 N–H and O–H groups in total. The van der Waals surface area contributed by atoms with Gasteiger partial charge in [-0.2, -0.15) is 0 Å². The number of aryl methyl sites for hydroxylation is 1. The maximum atomic E-state index is 13.1. The van der Waals surface area contributed by atoms with E-state index in [-0.39, 0.29) is 10.5 Å². The van der Waals surface area contributed by atoms with Crippen molar-refractivity contribution in [3.05, 3.63) is 83.9 Å². The van der Waals surface area contributed by atoms with Gasteiger partial charge in [0.15, 0.2) is 6.61 Å². The van der Waals surface area contributed by atoms with Crippen LogP contribution in [0.1, 0.15) is 22.8 Å². The fourth-order valence-electron chi connectivity index (χ4n) is 3.11. The molecule has 0 saturated heterocycles. The topological polar surface area (TPSA) is 102 Å². The predicted molar refractivity (Wildman–Crippen MR) is 130 cm³/mol. The molecule has 3 aromatic rings. The highest BCUT2D eigenvalue weighted by atomic mass is 32.2. The number of hydrogen-bond acceptors (Lipinski definition) is 6. The Hall–Kier alpha value is -3.85. The quantitative estimate of drug-likeness (QED) is 0.465. The van der Waals surface area contributed by atoms with Gasteiger partial charge in [-0.15, -0.1) is 0 Å². The van der Waals surface area contributed by atoms with E-state index in [0.29, 0.717) is 17.1 Å². The Kier molecular flexibility index (Phi) is 7.91. The molecular weight excluding hydrogens is 456 g/mol. The second-order valence-corrected chi connectivity index (χ2v) is 9.34. The minimum atomic E-state index is -3.94. The van der Waals surface area contributed by atoms with E-state index in [9.17, 15) is 18.0 Å². The Morgan fingerprint density at radius 1 is 0.971 bits per heavy atom. The van der Waals surface area contributed by atoms with Gasteiger partial charge in [-0.25, -0.2) is 13.2 Å². The van der Waals surface area contributed by atoms with Crippen LogP contribution in [0.25, 0.3) is 0 Å². The van der Waals surface area contributed by atoms with Gasteiger partial charge in [-0.1, -0.05) is 25.1 Å². The van der Waals surface area contributed by atoms with Gasteiger partial charge in [-0.3, -0.25) is 9.10 Å². The van der Waals surface area contributed by atoms with Gasteiger partial charge in [0.05, 0.1) is 23.3 Å². The Balaban J connectivity index is 1.65. The van der Waals surface area contributed by atoms with E-state index in [0.717, 1.165) is 16.3 Å². The minimum Gasteiger partial charge on any atom is -0.497 e. The molecule has 0 spiro atoms. The van der Waals surface area contributed by atoms with Crippen molar-refractivity contribution < 1.29 is 27.5 Å². The maximum Gasteiger partial charge on any atom is 0.338 e. The number of esters is 1. The summed E-state index contributed by atoms with van der Waals surface area (Å²) in [6.45, 7) is 1.53. The van der Waals surface area contributed by atoms with Crippen molar-refractivity contribution in [1.29, 1.82) is 0 Å². The fraction of sp³-hybridized carbons (Fsp3) is 0.200. The van der Waals surface area contributed by atoms with Crippen LogP contribution in [0.3, 0.4) is 0 Å². The van der Waals surface area contributed by atoms with Crippen LogP contribution in [0.5, 0.6) is 5.75 Å². The fourth-order valence-corrected chi connectivity index (χ4v) is 4.35. The third-order valence-corrected chi connectivity index (χ3v) is 6.93. The number of carbonyl (C=O) groups is 2. The molecule has 3 aromatic carbocycles. The van der Waals surface area contributed by atoms with E-state index in [2.05, 4.69) is 5.32 Å². The SMILES string of the molecule is CCc1ccc(NC(=O)COC(=O)c2cccc(S(=O)(=O)N(C)c3ccc(OC)cc3)c2)cc1. The molecule has 3 rings (SSSR count). The maximum absolute atomic E-state index is 13.1. The number of nitrogens with zero attached hydrogens (tertiary/aromatic N) is 1. The van der Waals surface area contributed by atoms with E-state index in [1.807, 2.05) is 19.1 Å². The molecule has 178 valence electrons. The van der Waals surface area contributed by atoms with Crippen LogP contribution in [-0.4, -0.2) is 41.1 Å². The van der Waals surface area contributed by atoms with E-state index in [1.54, 1.807) is 36.4 Å². The zero-order chi connectivity index (χ0) is 24.7. The van der Waals surface area contributed by atoms with Crippen LogP contribution in [0.15, 0.2) is 77.7 Å². The van der Waals surface area contributed by atoms with Crippen molar-refractivity contribution in [2.75, 3.05) is 30.4 Å². The van der Waals surface area contributed by atoms with Crippen molar-refractivity contribution >= 4 is 33.3 Å². The average Bonchev–Trinajstić information content (AvgIpc) is 2.87. The standard InChI is InChI=1S/C25H26N2O6S/c1-4-18-8-10-20(11-9-18)26-24(28)17-33-25(29)19-6-5-7-23(16-19)34(30,31)27(2)21-12-14-22(32-3)15-13-21/h5-16H,4,17H2,1-3H3,(H,26,28). The van der Waals surface area contributed by atoms with E-state index < -0.39 is 28.5 Å². The molecule has 1 amide bonds. The van der Waals surface area contributed by atoms with Gasteiger partial charge < -0.3 is 14.8 Å². The zero-order valence-corrected chi connectivity index (χ0v) is 20.0. The largest absolute Gasteiger partial charge is 0.497 e. The van der Waals surface area contributed by atoms with Crippen LogP contribution < -0.4 is 14.4 Å². The van der Waals surface area contributed by atoms with Crippen molar-refractivity contribution in [3.8, 4) is 5.75 Å². The van der Waals surface area contributed by atoms with Gasteiger partial charge in [0.1, 0.15) is 5.75 Å². The third-order valence-electron chi connectivity index (χ3n) is 5.14. The zero-order valence-electron chi connectivity index (χ0n) is 19.1. The molecule has 0 fully saturated rings. The van der Waals surface area contributed by atoms with Crippen LogP contribution in [0.2, 0.25) is 0 Å². The number of sulfonamides is 1. The summed E-state index contributed by atoms with van der Waals surface area (Å²) < 4.78 is 37.4. The molecule has 0 aromatic heterocycles. The molecular formula is C25H26N2O6S. The van der Waals surface area contributed by atoms with Crippen LogP contribution in [0.4, 0.5) is 11.4 Å². The summed E-state index contributed by atoms with van der Waals surface area (Å²) >= 11 is 0. The summed E-state index contributed by atoms with van der Waals surface area (Å²) in [6.07, 6.45) is 0.885. The molecule has 0 aliphatic heterocycles. The molecule has 0 aliphatic carbocycles. The van der Waals surface area contributed by atoms with Gasteiger partial charge in [0.25, 0.3) is 15.9 Å². The Morgan fingerprint density at radius 3 is 2.26 bits per heavy atom. The number of hydrogen-bond donors (Lipinski definition) is 1. The first-order chi connectivity index (χ1) is 16.2. The molecule has 0 heterocycles. The molecule has 34 heavy (non-hydrogen) atoms. The average molecular weight is 483 g/mol. The molecule has 0 unspecified atom stereocenters. The first-order valence-corrected chi connectivity index (χ1v) is 12.0. The Labute approximate surface area is 199 Å². The first-order valence-electron chi connectivity index (χ1n) is 10.5. The van der Waals surface area contributed by atoms with Crippen LogP contribution in [0, 0.1) is 0 Å². The number of anilines is 2. The summed E-state index contributed by atoms with van der Waals surface area (Å²) in [5.74, 6) is -0.706. The van der Waals surface area contributed by atoms with E-state index in [1.165, 1.54) is 38.4 Å². The lowest BCUT2D eigenvalue weighted by atomic mass is 10.1. The van der Waals surface area contributed by atoms with Crippen molar-refractivity contribution in [1.82, 2.24) is 0 Å². The predicted octanol–water partition coefficient (Wildman–Crippen LogP) is 3.88. The molecule has 0 radical (unpaired) electrons. The molecule has 9 heteroatoms. The summed E-state index contributed by atoms with van der Waals surface area (Å²) in [5, 5.41) is 2.65. The summed E-state index contributed by atoms with van der Waals surface area (Å²) in [5.41, 5.74) is 2.17. The van der Waals surface area contributed by atoms with Gasteiger partial charge in [0, 0.05) is 12.7 Å². The van der Waals surface area contributed by atoms with E-state index >= 15 is 0 Å². The Morgan fingerprint density at radius 2 is 1.65 bits per heavy atom. The molecule has 0 atom stereocenters. The number of benzene rings is 3. The molecule has 0 saturated carbocycles. The summed E-state index contributed by atoms with van der Waals surface area (Å²) in [4.78, 5) is 24.5. The second kappa shape index (κ2) is 10.8. The second-order valence-electron chi connectivity index (χ2n) is 7.37. The van der Waals surface area contributed by atoms with Crippen LogP contribution >= 0.6 is 0 Å². The van der Waals surface area contributed by atoms with Gasteiger partial charge in [0.2, 0.25) is 0 Å². The third kappa shape index (κ3) is 5.93. The molecule has 8 nitrogen and oxygen atoms in total. The number of methoxy groups -OCH3 is 1. The van der Waals surface area contributed by atoms with Gasteiger partial charge in [-0.05, 0) is 66.6 Å². The molecule has 0 aliphatic rings. The number of carbonyl (C=O) groups excluding carboxylic acids is 2. The van der Waals surface area contributed by atoms with Crippen LogP contribution in [-0.2, 0) is 26.0 Å². The number of rotatable bonds is 9. The Bertz CT molecular complexity index is 1260. The van der Waals surface area contributed by atoms with Crippen molar-refractivity contribution in [2.45, 2.75) is 18.2 Å². The summed E-state index contributed by atoms with van der Waals surface area (Å²) in [7, 11) is -1.00. The van der Waals surface area contributed by atoms with Gasteiger partial charge >= 0.3 is 5.97 Å². The number of nitrogens with one attached hydrogen (secondary N) is 1. The first kappa shape index (κ1) is 24.8. The lowest BCUT2D eigenvalue weighted by Gasteiger charge is -2.20. The highest BCUT2D eigenvalue weighted by molar-refractivity contribution is 7.92. The smallest absolute Gasteiger partial charge is 0.338 e. The highest BCUT2D eigenvalue weighted by Crippen LogP contribution is 2.25. The monoisotopic (exact) mass is 482 g/mol. The van der Waals surface area contributed by atoms with Crippen molar-refractivity contribution in [3.63, 3.8) is 0 Å². The minimum absolute atomic E-state index is 0.0179. The number of ether oxygens (including phenoxy) is 2. The summed E-state index contributed by atoms with van der Waals surface area (Å²) in [6, 6.07) is 19.3. The lowest BCUT2D eigenvalue weighted by molar-refractivity contribution is -0.119. The molecule has 0 bridgehead atoms. The normalized spacial score (nSPS) is 10.9. The lowest BCUT2D eigenvalue weighted by Crippen LogP contribution is -2.26. The van der Waals surface area contributed by atoms with E-state index in [4.69, 9.17) is 9.47 Å².